The van der Waals surface area contributed by atoms with Crippen molar-refractivity contribution in [3.05, 3.63) is 101 Å². The van der Waals surface area contributed by atoms with Gasteiger partial charge in [-0.2, -0.15) is 0 Å². The van der Waals surface area contributed by atoms with Gasteiger partial charge < -0.3 is 0 Å². The van der Waals surface area contributed by atoms with E-state index in [-0.39, 0.29) is 0 Å². The molecule has 0 aliphatic carbocycles. The molecular formula is C23H22F3IO3S. The molecule has 0 N–H and O–H groups in total. The van der Waals surface area contributed by atoms with Crippen LogP contribution >= 0.6 is 20.2 Å². The number of hydrogen-bond donors (Lipinski definition) is 0. The van der Waals surface area contributed by atoms with Crippen LogP contribution < -0.4 is 0 Å². The molecular weight excluding hydrogens is 540 g/mol. The van der Waals surface area contributed by atoms with Crippen molar-refractivity contribution in [1.82, 2.24) is 0 Å². The Balaban J connectivity index is 2.12. The number of aryl methyl sites for hydroxylation is 4. The first-order chi connectivity index (χ1) is 14.4. The second-order valence-electron chi connectivity index (χ2n) is 7.22. The van der Waals surface area contributed by atoms with E-state index in [0.29, 0.717) is 7.14 Å². The van der Waals surface area contributed by atoms with E-state index < -0.39 is 47.0 Å². The van der Waals surface area contributed by atoms with Crippen molar-refractivity contribution < 1.29 is 24.1 Å². The molecule has 0 radical (unpaired) electrons. The summed E-state index contributed by atoms with van der Waals surface area (Å²) in [6.07, 6.45) is 0. The average molecular weight is 562 g/mol. The van der Waals surface area contributed by atoms with Gasteiger partial charge in [-0.05, 0) is 0 Å². The molecule has 31 heavy (non-hydrogen) atoms. The van der Waals surface area contributed by atoms with E-state index in [1.54, 1.807) is 36.4 Å². The van der Waals surface area contributed by atoms with Gasteiger partial charge in [-0.3, -0.25) is 0 Å². The average Bonchev–Trinajstić information content (AvgIpc) is 2.70. The molecule has 0 heterocycles. The molecule has 0 aliphatic heterocycles. The molecule has 0 aliphatic rings. The molecule has 8 heteroatoms. The van der Waals surface area contributed by atoms with E-state index in [9.17, 15) is 21.6 Å². The Hall–Kier alpha value is -1.91. The van der Waals surface area contributed by atoms with E-state index in [4.69, 9.17) is 2.51 Å². The zero-order chi connectivity index (χ0) is 23.0. The van der Waals surface area contributed by atoms with Crippen LogP contribution in [0.2, 0.25) is 0 Å². The van der Waals surface area contributed by atoms with Crippen molar-refractivity contribution in [1.29, 1.82) is 0 Å². The van der Waals surface area contributed by atoms with Crippen LogP contribution in [0.1, 0.15) is 27.8 Å². The number of rotatable bonds is 6. The zero-order valence-corrected chi connectivity index (χ0v) is 20.4. The first-order valence-electron chi connectivity index (χ1n) is 9.36. The normalized spacial score (nSPS) is 12.7. The van der Waals surface area contributed by atoms with E-state index in [1.807, 2.05) is 27.7 Å². The van der Waals surface area contributed by atoms with Crippen LogP contribution in [0, 0.1) is 40.7 Å². The molecule has 0 spiro atoms. The van der Waals surface area contributed by atoms with Gasteiger partial charge >= 0.3 is 189 Å². The van der Waals surface area contributed by atoms with Crippen LogP contribution in [-0.2, 0) is 17.9 Å². The second-order valence-corrected chi connectivity index (χ2v) is 13.8. The van der Waals surface area contributed by atoms with Crippen molar-refractivity contribution in [2.45, 2.75) is 32.9 Å². The third kappa shape index (κ3) is 4.80. The summed E-state index contributed by atoms with van der Waals surface area (Å²) in [6, 6.07) is 14.5. The first-order valence-corrected chi connectivity index (χ1v) is 13.8. The molecule has 0 aromatic heterocycles. The van der Waals surface area contributed by atoms with Gasteiger partial charge in [0.25, 0.3) is 0 Å². The topological polar surface area (TPSA) is 43.4 Å². The fraction of sp³-hybridized carbons (Fsp3) is 0.217. The summed E-state index contributed by atoms with van der Waals surface area (Å²) in [7, 11) is -5.48. The molecule has 166 valence electrons. The van der Waals surface area contributed by atoms with Gasteiger partial charge in [-0.25, -0.2) is 0 Å². The molecule has 0 saturated heterocycles. The molecule has 0 unspecified atom stereocenters. The van der Waals surface area contributed by atoms with Crippen molar-refractivity contribution in [3.8, 4) is 0 Å². The van der Waals surface area contributed by atoms with E-state index >= 15 is 0 Å². The first kappa shape index (κ1) is 23.7. The predicted octanol–water partition coefficient (Wildman–Crippen LogP) is 6.62. The molecule has 0 fully saturated rings. The Labute approximate surface area is 188 Å². The van der Waals surface area contributed by atoms with E-state index in [1.165, 1.54) is 6.07 Å². The summed E-state index contributed by atoms with van der Waals surface area (Å²) in [5, 5.41) is -4.53. The van der Waals surface area contributed by atoms with Crippen molar-refractivity contribution in [2.75, 3.05) is 0 Å². The molecule has 3 aromatic rings. The molecule has 3 nitrogen and oxygen atoms in total. The Bertz CT molecular complexity index is 1170. The molecule has 0 saturated carbocycles. The SMILES string of the molecule is Cc1ccc(I(OS(=O)(=O)C(F)(F)c2ccccc2F)c2ccc(C)c(C)c2)cc1C. The summed E-state index contributed by atoms with van der Waals surface area (Å²) in [5.74, 6) is -1.31. The second kappa shape index (κ2) is 8.91. The fourth-order valence-electron chi connectivity index (χ4n) is 2.78. The minimum atomic E-state index is -5.48. The van der Waals surface area contributed by atoms with Gasteiger partial charge in [0.05, 0.1) is 0 Å². The van der Waals surface area contributed by atoms with Crippen molar-refractivity contribution >= 4 is 30.4 Å². The summed E-state index contributed by atoms with van der Waals surface area (Å²) in [6.45, 7) is 7.52. The molecule has 3 aromatic carbocycles. The van der Waals surface area contributed by atoms with Crippen LogP contribution in [0.25, 0.3) is 0 Å². The Morgan fingerprint density at radius 1 is 0.774 bits per heavy atom. The maximum atomic E-state index is 14.9. The summed E-state index contributed by atoms with van der Waals surface area (Å²) >= 11 is -3.33. The Morgan fingerprint density at radius 2 is 1.26 bits per heavy atom. The van der Waals surface area contributed by atoms with Crippen LogP contribution in [0.15, 0.2) is 60.7 Å². The van der Waals surface area contributed by atoms with Gasteiger partial charge in [0.15, 0.2) is 0 Å². The summed E-state index contributed by atoms with van der Waals surface area (Å²) in [4.78, 5) is 0. The number of hydrogen-bond acceptors (Lipinski definition) is 3. The minimum absolute atomic E-state index is 0.559. The molecule has 0 amide bonds. The standard InChI is InChI=1S/C23H22F3IO3S/c1-15-9-11-19(13-17(15)3)27(20-12-10-16(2)18(4)14-20)30-31(28,29)23(25,26)21-7-5-6-8-22(21)24/h5-14H,1-4H3. The summed E-state index contributed by atoms with van der Waals surface area (Å²) < 4.78 is 75.8. The third-order valence-electron chi connectivity index (χ3n) is 4.98. The van der Waals surface area contributed by atoms with E-state index in [0.717, 1.165) is 40.5 Å². The fourth-order valence-corrected chi connectivity index (χ4v) is 10.2. The van der Waals surface area contributed by atoms with Gasteiger partial charge in [0, 0.05) is 0 Å². The van der Waals surface area contributed by atoms with Gasteiger partial charge in [-0.1, -0.05) is 0 Å². The van der Waals surface area contributed by atoms with Gasteiger partial charge in [0.1, 0.15) is 0 Å². The van der Waals surface area contributed by atoms with Crippen LogP contribution in [-0.4, -0.2) is 8.42 Å². The van der Waals surface area contributed by atoms with Gasteiger partial charge in [0.2, 0.25) is 0 Å². The number of halogens is 4. The molecule has 3 rings (SSSR count). The monoisotopic (exact) mass is 562 g/mol. The van der Waals surface area contributed by atoms with Crippen LogP contribution in [0.5, 0.6) is 0 Å². The number of alkyl halides is 2. The Morgan fingerprint density at radius 3 is 1.71 bits per heavy atom. The third-order valence-corrected chi connectivity index (χ3v) is 12.2. The molecule has 0 atom stereocenters. The van der Waals surface area contributed by atoms with Crippen molar-refractivity contribution in [2.24, 2.45) is 0 Å². The summed E-state index contributed by atoms with van der Waals surface area (Å²) in [5.41, 5.74) is 2.53. The maximum absolute atomic E-state index is 14.9. The Kier molecular flexibility index (Phi) is 6.83. The quantitative estimate of drug-likeness (QED) is 0.318. The van der Waals surface area contributed by atoms with E-state index in [2.05, 4.69) is 0 Å². The predicted molar refractivity (Wildman–Crippen MR) is 124 cm³/mol. The number of benzene rings is 3. The van der Waals surface area contributed by atoms with Crippen LogP contribution in [0.4, 0.5) is 13.2 Å². The van der Waals surface area contributed by atoms with Crippen LogP contribution in [0.3, 0.4) is 0 Å². The zero-order valence-electron chi connectivity index (χ0n) is 17.4. The van der Waals surface area contributed by atoms with Crippen molar-refractivity contribution in [3.63, 3.8) is 0 Å². The van der Waals surface area contributed by atoms with Gasteiger partial charge in [-0.15, -0.1) is 0 Å². The molecule has 0 bridgehead atoms.